The van der Waals surface area contributed by atoms with Gasteiger partial charge in [-0.2, -0.15) is 0 Å². The molecule has 3 rings (SSSR count). The van der Waals surface area contributed by atoms with Gasteiger partial charge in [-0.25, -0.2) is 4.79 Å². The van der Waals surface area contributed by atoms with Crippen LogP contribution in [0.4, 0.5) is 13.2 Å². The number of hydrogen-bond donors (Lipinski definition) is 2. The highest BCUT2D eigenvalue weighted by Crippen LogP contribution is 2.54. The second-order valence-electron chi connectivity index (χ2n) is 8.38. The van der Waals surface area contributed by atoms with Crippen molar-refractivity contribution >= 4 is 33.4 Å². The molecule has 2 atom stereocenters. The molecule has 1 fully saturated rings. The average molecular weight is 517 g/mol. The number of halogens is 4. The minimum Gasteiger partial charge on any atom is -0.481 e. The second kappa shape index (κ2) is 8.92. The lowest BCUT2D eigenvalue weighted by Crippen LogP contribution is -2.47. The minimum absolute atomic E-state index is 0.0127. The fourth-order valence-corrected chi connectivity index (χ4v) is 5.57. The largest absolute Gasteiger partial charge is 0.573 e. The highest BCUT2D eigenvalue weighted by atomic mass is 79.9. The van der Waals surface area contributed by atoms with E-state index >= 15 is 0 Å². The van der Waals surface area contributed by atoms with Gasteiger partial charge in [-0.05, 0) is 55.0 Å². The Kier molecular flexibility index (Phi) is 6.79. The van der Waals surface area contributed by atoms with Gasteiger partial charge in [-0.3, -0.25) is 4.79 Å². The molecular weight excluding hydrogens is 493 g/mol. The topological polar surface area (TPSA) is 83.8 Å². The number of carbonyl (C=O) groups is 2. The summed E-state index contributed by atoms with van der Waals surface area (Å²) in [5, 5.41) is 20.4. The highest BCUT2D eigenvalue weighted by Gasteiger charge is 2.53. The predicted molar refractivity (Wildman–Crippen MR) is 115 cm³/mol. The molecule has 2 N–H and O–H groups in total. The first-order valence-corrected chi connectivity index (χ1v) is 11.1. The van der Waals surface area contributed by atoms with Crippen molar-refractivity contribution in [2.45, 2.75) is 52.3 Å². The Morgan fingerprint density at radius 3 is 2.31 bits per heavy atom. The third-order valence-corrected chi connectivity index (χ3v) is 7.17. The van der Waals surface area contributed by atoms with Crippen molar-refractivity contribution < 1.29 is 37.7 Å². The van der Waals surface area contributed by atoms with E-state index in [1.54, 1.807) is 6.92 Å². The van der Waals surface area contributed by atoms with Crippen LogP contribution in [-0.4, -0.2) is 28.5 Å². The molecule has 32 heavy (non-hydrogen) atoms. The van der Waals surface area contributed by atoms with E-state index in [-0.39, 0.29) is 28.2 Å². The zero-order chi connectivity index (χ0) is 23.8. The lowest BCUT2D eigenvalue weighted by atomic mass is 9.57. The molecule has 0 amide bonds. The summed E-state index contributed by atoms with van der Waals surface area (Å²) in [7, 11) is 0. The highest BCUT2D eigenvalue weighted by molar-refractivity contribution is 9.10. The molecule has 0 radical (unpaired) electrons. The molecule has 1 saturated carbocycles. The molecule has 0 aliphatic heterocycles. The maximum atomic E-state index is 13.1. The molecule has 0 saturated heterocycles. The van der Waals surface area contributed by atoms with Crippen molar-refractivity contribution in [2.24, 2.45) is 17.3 Å². The van der Waals surface area contributed by atoms with E-state index in [9.17, 15) is 33.0 Å². The maximum Gasteiger partial charge on any atom is 0.573 e. The monoisotopic (exact) mass is 516 g/mol. The first-order chi connectivity index (χ1) is 14.9. The molecule has 2 unspecified atom stereocenters. The Bertz CT molecular complexity index is 992. The lowest BCUT2D eigenvalue weighted by molar-refractivity contribution is -0.274. The van der Waals surface area contributed by atoms with Crippen LogP contribution in [0.1, 0.15) is 51.5 Å². The molecule has 1 aromatic carbocycles. The van der Waals surface area contributed by atoms with Crippen LogP contribution in [0.5, 0.6) is 5.75 Å². The minimum atomic E-state index is -4.97. The van der Waals surface area contributed by atoms with Gasteiger partial charge in [-0.1, -0.05) is 48.2 Å². The number of alkyl halides is 3. The number of benzene rings is 1. The number of rotatable bonds is 5. The lowest BCUT2D eigenvalue weighted by Gasteiger charge is -2.45. The maximum absolute atomic E-state index is 13.1. The van der Waals surface area contributed by atoms with Crippen LogP contribution >= 0.6 is 15.9 Å². The first kappa shape index (κ1) is 24.4. The van der Waals surface area contributed by atoms with Gasteiger partial charge in [0.1, 0.15) is 5.75 Å². The van der Waals surface area contributed by atoms with Crippen molar-refractivity contribution in [3.63, 3.8) is 0 Å². The van der Waals surface area contributed by atoms with Crippen LogP contribution in [0, 0.1) is 17.3 Å². The Hall–Kier alpha value is -2.29. The molecule has 0 heterocycles. The summed E-state index contributed by atoms with van der Waals surface area (Å²) >= 11 is 3.24. The number of carboxylic acids is 2. The zero-order valence-electron chi connectivity index (χ0n) is 17.6. The van der Waals surface area contributed by atoms with Crippen molar-refractivity contribution in [3.8, 4) is 5.75 Å². The quantitative estimate of drug-likeness (QED) is 0.470. The first-order valence-electron chi connectivity index (χ1n) is 10.3. The van der Waals surface area contributed by atoms with Gasteiger partial charge in [-0.15, -0.1) is 13.2 Å². The molecular formula is C23H24BrF3O5. The van der Waals surface area contributed by atoms with Gasteiger partial charge >= 0.3 is 18.3 Å². The summed E-state index contributed by atoms with van der Waals surface area (Å²) < 4.78 is 43.9. The third kappa shape index (κ3) is 4.44. The van der Waals surface area contributed by atoms with Crippen LogP contribution in [-0.2, 0) is 9.59 Å². The van der Waals surface area contributed by atoms with Gasteiger partial charge in [0.25, 0.3) is 0 Å². The number of hydrogen-bond acceptors (Lipinski definition) is 3. The molecule has 0 aromatic heterocycles. The third-order valence-electron chi connectivity index (χ3n) is 6.68. The standard InChI is InChI=1S/C23H24BrF3O5/c1-12-17(16-10-15(24)8-9-18(16)32-23(25,26)27)11-22(21(30)31,13(2)19(12)20(28)29)14-6-4-3-5-7-14/h8-11,13-14H,3-7H2,1-2H3,(H,28,29)(H,30,31). The molecule has 174 valence electrons. The summed E-state index contributed by atoms with van der Waals surface area (Å²) in [5.74, 6) is -4.17. The van der Waals surface area contributed by atoms with E-state index in [1.807, 2.05) is 0 Å². The van der Waals surface area contributed by atoms with E-state index in [4.69, 9.17) is 0 Å². The molecule has 2 aliphatic carbocycles. The predicted octanol–water partition coefficient (Wildman–Crippen LogP) is 6.43. The zero-order valence-corrected chi connectivity index (χ0v) is 19.2. The molecule has 9 heteroatoms. The smallest absolute Gasteiger partial charge is 0.481 e. The fraction of sp³-hybridized carbons (Fsp3) is 0.478. The van der Waals surface area contributed by atoms with Gasteiger partial charge in [0.05, 0.1) is 5.41 Å². The molecule has 5 nitrogen and oxygen atoms in total. The van der Waals surface area contributed by atoms with E-state index in [0.29, 0.717) is 17.3 Å². The van der Waals surface area contributed by atoms with Crippen molar-refractivity contribution in [1.29, 1.82) is 0 Å². The van der Waals surface area contributed by atoms with Crippen LogP contribution < -0.4 is 4.74 Å². The molecule has 0 bridgehead atoms. The summed E-state index contributed by atoms with van der Waals surface area (Å²) in [6.07, 6.45) is 0.328. The van der Waals surface area contributed by atoms with Crippen molar-refractivity contribution in [3.05, 3.63) is 45.5 Å². The van der Waals surface area contributed by atoms with Gasteiger partial charge < -0.3 is 14.9 Å². The summed E-state index contributed by atoms with van der Waals surface area (Å²) in [4.78, 5) is 25.0. The van der Waals surface area contributed by atoms with E-state index in [0.717, 1.165) is 25.3 Å². The Morgan fingerprint density at radius 2 is 1.78 bits per heavy atom. The second-order valence-corrected chi connectivity index (χ2v) is 9.30. The molecule has 1 aromatic rings. The Labute approximate surface area is 192 Å². The van der Waals surface area contributed by atoms with Gasteiger partial charge in [0.15, 0.2) is 0 Å². The SMILES string of the molecule is CC1=C(C(=O)O)C(C)C(C(=O)O)(C2CCCCC2)C=C1c1cc(Br)ccc1OC(F)(F)F. The normalized spacial score (nSPS) is 24.8. The van der Waals surface area contributed by atoms with Crippen LogP contribution in [0.15, 0.2) is 39.9 Å². The van der Waals surface area contributed by atoms with E-state index in [1.165, 1.54) is 25.1 Å². The summed E-state index contributed by atoms with van der Waals surface area (Å²) in [6.45, 7) is 3.08. The molecule has 0 spiro atoms. The van der Waals surface area contributed by atoms with E-state index in [2.05, 4.69) is 20.7 Å². The van der Waals surface area contributed by atoms with Crippen LogP contribution in [0.2, 0.25) is 0 Å². The van der Waals surface area contributed by atoms with Crippen molar-refractivity contribution in [2.75, 3.05) is 0 Å². The molecule has 2 aliphatic rings. The number of allylic oxidation sites excluding steroid dienone is 2. The van der Waals surface area contributed by atoms with Crippen LogP contribution in [0.3, 0.4) is 0 Å². The number of aliphatic carboxylic acids is 2. The Balaban J connectivity index is 2.32. The van der Waals surface area contributed by atoms with Gasteiger partial charge in [0.2, 0.25) is 0 Å². The fourth-order valence-electron chi connectivity index (χ4n) is 5.21. The Morgan fingerprint density at radius 1 is 1.16 bits per heavy atom. The number of carboxylic acid groups (broad SMARTS) is 2. The van der Waals surface area contributed by atoms with Crippen LogP contribution in [0.25, 0.3) is 5.57 Å². The average Bonchev–Trinajstić information content (AvgIpc) is 2.69. The number of ether oxygens (including phenoxy) is 1. The van der Waals surface area contributed by atoms with E-state index < -0.39 is 35.4 Å². The summed E-state index contributed by atoms with van der Waals surface area (Å²) in [5.41, 5.74) is -1.31. The summed E-state index contributed by atoms with van der Waals surface area (Å²) in [6, 6.07) is 3.89. The van der Waals surface area contributed by atoms with Gasteiger partial charge in [0, 0.05) is 21.5 Å². The van der Waals surface area contributed by atoms with Crippen molar-refractivity contribution in [1.82, 2.24) is 0 Å².